The SMILES string of the molecule is CC(C)(C)OC(=O)n1c(B(O)O)cc2c(F)cccc21.Oc1ccc(Cl)nc1C1=Cc2c(F)cccc2C1.Oc1ccc(Cl)nc1I. The summed E-state index contributed by atoms with van der Waals surface area (Å²) in [4.78, 5) is 20.0. The number of ether oxygens (including phenoxy) is 1. The molecular weight excluding hydrogens is 769 g/mol. The number of carbonyl (C=O) groups is 1. The van der Waals surface area contributed by atoms with E-state index in [2.05, 4.69) is 9.97 Å². The van der Waals surface area contributed by atoms with Crippen LogP contribution in [0.1, 0.15) is 37.6 Å². The molecule has 244 valence electrons. The first-order valence-electron chi connectivity index (χ1n) is 13.8. The number of aromatic nitrogens is 3. The highest BCUT2D eigenvalue weighted by Gasteiger charge is 2.28. The molecule has 9 nitrogen and oxygen atoms in total. The van der Waals surface area contributed by atoms with Crippen molar-refractivity contribution in [2.75, 3.05) is 0 Å². The van der Waals surface area contributed by atoms with Gasteiger partial charge in [0, 0.05) is 17.4 Å². The van der Waals surface area contributed by atoms with Crippen LogP contribution >= 0.6 is 45.8 Å². The lowest BCUT2D eigenvalue weighted by Crippen LogP contribution is -2.40. The predicted octanol–water partition coefficient (Wildman–Crippen LogP) is 6.97. The van der Waals surface area contributed by atoms with Crippen LogP contribution in [0.3, 0.4) is 0 Å². The molecule has 0 radical (unpaired) electrons. The van der Waals surface area contributed by atoms with Crippen molar-refractivity contribution >= 4 is 87.1 Å². The van der Waals surface area contributed by atoms with Crippen LogP contribution in [0.4, 0.5) is 13.6 Å². The molecule has 47 heavy (non-hydrogen) atoms. The minimum atomic E-state index is -1.91. The third-order valence-corrected chi connectivity index (χ3v) is 7.66. The van der Waals surface area contributed by atoms with E-state index in [9.17, 15) is 28.7 Å². The van der Waals surface area contributed by atoms with E-state index in [-0.39, 0.29) is 33.8 Å². The van der Waals surface area contributed by atoms with Crippen LogP contribution in [0.25, 0.3) is 22.6 Å². The largest absolute Gasteiger partial charge is 0.506 e. The lowest BCUT2D eigenvalue weighted by atomic mass is 9.86. The van der Waals surface area contributed by atoms with Crippen molar-refractivity contribution in [1.29, 1.82) is 0 Å². The van der Waals surface area contributed by atoms with E-state index in [0.29, 0.717) is 31.7 Å². The molecule has 0 atom stereocenters. The summed E-state index contributed by atoms with van der Waals surface area (Å²) in [6.45, 7) is 5.06. The first-order chi connectivity index (χ1) is 22.1. The Labute approximate surface area is 292 Å². The minimum Gasteiger partial charge on any atom is -0.506 e. The Kier molecular flexibility index (Phi) is 11.5. The third-order valence-electron chi connectivity index (χ3n) is 6.44. The van der Waals surface area contributed by atoms with Gasteiger partial charge < -0.3 is 25.0 Å². The summed E-state index contributed by atoms with van der Waals surface area (Å²) in [6.07, 6.45) is 1.47. The molecule has 1 aliphatic carbocycles. The van der Waals surface area contributed by atoms with E-state index in [4.69, 9.17) is 33.0 Å². The van der Waals surface area contributed by atoms with E-state index >= 15 is 0 Å². The molecule has 0 saturated carbocycles. The minimum absolute atomic E-state index is 0.0545. The van der Waals surface area contributed by atoms with Crippen molar-refractivity contribution in [3.05, 3.63) is 109 Å². The maximum atomic E-state index is 13.7. The Morgan fingerprint density at radius 2 is 1.55 bits per heavy atom. The number of fused-ring (bicyclic) bond motifs is 2. The van der Waals surface area contributed by atoms with Gasteiger partial charge in [0.2, 0.25) is 0 Å². The fourth-order valence-corrected chi connectivity index (χ4v) is 5.34. The van der Waals surface area contributed by atoms with Crippen molar-refractivity contribution in [1.82, 2.24) is 14.5 Å². The normalized spacial score (nSPS) is 11.9. The molecule has 0 spiro atoms. The molecular formula is C32H27BCl2F2IN3O6. The van der Waals surface area contributed by atoms with Crippen molar-refractivity contribution in [3.63, 3.8) is 0 Å². The summed E-state index contributed by atoms with van der Waals surface area (Å²) in [5.74, 6) is -0.588. The number of nitrogens with zero attached hydrogens (tertiary/aromatic N) is 3. The fourth-order valence-electron chi connectivity index (χ4n) is 4.47. The topological polar surface area (TPSA) is 138 Å². The second kappa shape index (κ2) is 15.0. The van der Waals surface area contributed by atoms with Crippen LogP contribution in [-0.4, -0.2) is 53.6 Å². The number of aromatic hydroxyl groups is 2. The number of hydrogen-bond donors (Lipinski definition) is 4. The zero-order valence-electron chi connectivity index (χ0n) is 25.0. The molecule has 15 heteroatoms. The van der Waals surface area contributed by atoms with Gasteiger partial charge in [0.1, 0.15) is 48.4 Å². The van der Waals surface area contributed by atoms with Crippen molar-refractivity contribution < 1.29 is 38.6 Å². The lowest BCUT2D eigenvalue weighted by molar-refractivity contribution is 0.0547. The average Bonchev–Trinajstić information content (AvgIpc) is 3.60. The van der Waals surface area contributed by atoms with E-state index in [1.165, 1.54) is 48.5 Å². The molecule has 5 aromatic rings. The second-order valence-electron chi connectivity index (χ2n) is 11.0. The Morgan fingerprint density at radius 1 is 0.936 bits per heavy atom. The van der Waals surface area contributed by atoms with Crippen LogP contribution in [0, 0.1) is 15.3 Å². The fraction of sp³-hybridized carbons (Fsp3) is 0.156. The quantitative estimate of drug-likeness (QED) is 0.0855. The van der Waals surface area contributed by atoms with Crippen LogP contribution in [0.5, 0.6) is 11.5 Å². The molecule has 2 aromatic carbocycles. The summed E-state index contributed by atoms with van der Waals surface area (Å²) in [5, 5.41) is 38.2. The van der Waals surface area contributed by atoms with Gasteiger partial charge in [-0.3, -0.25) is 4.57 Å². The Balaban J connectivity index is 0.000000170. The molecule has 0 aliphatic heterocycles. The van der Waals surface area contributed by atoms with Gasteiger partial charge in [-0.05, 0) is 109 Å². The summed E-state index contributed by atoms with van der Waals surface area (Å²) >= 11 is 13.2. The van der Waals surface area contributed by atoms with Gasteiger partial charge in [-0.15, -0.1) is 0 Å². The van der Waals surface area contributed by atoms with Crippen molar-refractivity contribution in [3.8, 4) is 11.5 Å². The summed E-state index contributed by atoms with van der Waals surface area (Å²) in [5.41, 5.74) is 1.98. The molecule has 4 N–H and O–H groups in total. The highest BCUT2D eigenvalue weighted by atomic mass is 127. The first kappa shape index (κ1) is 36.1. The van der Waals surface area contributed by atoms with Crippen LogP contribution in [0.2, 0.25) is 10.3 Å². The molecule has 1 aliphatic rings. The van der Waals surface area contributed by atoms with Crippen LogP contribution in [-0.2, 0) is 11.2 Å². The van der Waals surface area contributed by atoms with Gasteiger partial charge in [0.25, 0.3) is 0 Å². The standard InChI is InChI=1S/C14H9ClFNO.C13H15BFNO4.C5H3ClINO/c15-13-5-4-12(18)14(17-13)9-6-8-2-1-3-11(16)10(8)7-9;1-13(2,3)20-12(17)16-10-6-4-5-9(15)8(10)7-11(16)14(18)19;6-4-2-1-3(9)5(7)8-4/h1-5,7,18H,6H2;4-7,18-19H,1-3H3;1-2,9H. The zero-order chi connectivity index (χ0) is 34.6. The first-order valence-corrected chi connectivity index (χ1v) is 15.6. The van der Waals surface area contributed by atoms with Gasteiger partial charge in [-0.1, -0.05) is 41.4 Å². The molecule has 0 saturated heterocycles. The lowest BCUT2D eigenvalue weighted by Gasteiger charge is -2.20. The van der Waals surface area contributed by atoms with Gasteiger partial charge in [0.05, 0.1) is 11.1 Å². The van der Waals surface area contributed by atoms with Crippen molar-refractivity contribution in [2.45, 2.75) is 32.8 Å². The number of pyridine rings is 2. The maximum absolute atomic E-state index is 13.7. The second-order valence-corrected chi connectivity index (χ2v) is 12.8. The maximum Gasteiger partial charge on any atom is 0.506 e. The number of halogens is 5. The van der Waals surface area contributed by atoms with Crippen LogP contribution in [0.15, 0.2) is 66.7 Å². The molecule has 3 aromatic heterocycles. The van der Waals surface area contributed by atoms with Gasteiger partial charge >= 0.3 is 13.2 Å². The van der Waals surface area contributed by atoms with Crippen molar-refractivity contribution in [2.24, 2.45) is 0 Å². The Bertz CT molecular complexity index is 1990. The average molecular weight is 796 g/mol. The number of rotatable bonds is 2. The Morgan fingerprint density at radius 3 is 2.15 bits per heavy atom. The van der Waals surface area contributed by atoms with E-state index in [1.807, 2.05) is 28.7 Å². The summed E-state index contributed by atoms with van der Waals surface area (Å²) in [6, 6.07) is 16.4. The monoisotopic (exact) mass is 795 g/mol. The number of allylic oxidation sites excluding steroid dienone is 1. The number of benzene rings is 2. The highest BCUT2D eigenvalue weighted by molar-refractivity contribution is 14.1. The third kappa shape index (κ3) is 8.99. The van der Waals surface area contributed by atoms with Gasteiger partial charge in [-0.25, -0.2) is 23.5 Å². The highest BCUT2D eigenvalue weighted by Crippen LogP contribution is 2.36. The zero-order valence-corrected chi connectivity index (χ0v) is 28.7. The van der Waals surface area contributed by atoms with Gasteiger partial charge in [-0.2, -0.15) is 0 Å². The molecule has 0 amide bonds. The predicted molar refractivity (Wildman–Crippen MR) is 186 cm³/mol. The summed E-state index contributed by atoms with van der Waals surface area (Å²) in [7, 11) is -1.91. The molecule has 0 unspecified atom stereocenters. The molecule has 6 rings (SSSR count). The molecule has 0 bridgehead atoms. The van der Waals surface area contributed by atoms with Crippen LogP contribution < -0.4 is 5.59 Å². The smallest absolute Gasteiger partial charge is 0.506 e. The number of hydrogen-bond acceptors (Lipinski definition) is 8. The van der Waals surface area contributed by atoms with E-state index < -0.39 is 24.6 Å². The van der Waals surface area contributed by atoms with E-state index in [0.717, 1.165) is 15.7 Å². The summed E-state index contributed by atoms with van der Waals surface area (Å²) < 4.78 is 34.0. The number of carbonyl (C=O) groups excluding carboxylic acids is 1. The molecule has 3 heterocycles. The van der Waals surface area contributed by atoms with Gasteiger partial charge in [0.15, 0.2) is 0 Å². The Hall–Kier alpha value is -3.76. The molecule has 0 fully saturated rings. The van der Waals surface area contributed by atoms with E-state index in [1.54, 1.807) is 39.0 Å².